The minimum absolute atomic E-state index is 0.127. The average molecular weight is 251 g/mol. The third-order valence-corrected chi connectivity index (χ3v) is 3.42. The Morgan fingerprint density at radius 1 is 1.33 bits per heavy atom. The number of halogens is 1. The Morgan fingerprint density at radius 3 is 2.72 bits per heavy atom. The number of hydrogen-bond acceptors (Lipinski definition) is 1. The highest BCUT2D eigenvalue weighted by molar-refractivity contribution is 5.16. The number of benzene rings is 1. The minimum atomic E-state index is -0.127. The van der Waals surface area contributed by atoms with Crippen LogP contribution < -0.4 is 5.32 Å². The van der Waals surface area contributed by atoms with Crippen LogP contribution in [0.3, 0.4) is 0 Å². The Balaban J connectivity index is 2.56. The van der Waals surface area contributed by atoms with Crippen LogP contribution >= 0.6 is 0 Å². The van der Waals surface area contributed by atoms with E-state index in [2.05, 4.69) is 19.2 Å². The summed E-state index contributed by atoms with van der Waals surface area (Å²) in [5.74, 6) is 1.22. The lowest BCUT2D eigenvalue weighted by Crippen LogP contribution is -2.22. The van der Waals surface area contributed by atoms with Gasteiger partial charge in [0.25, 0.3) is 0 Å². The van der Waals surface area contributed by atoms with Gasteiger partial charge in [0.1, 0.15) is 5.82 Å². The molecule has 0 spiro atoms. The fourth-order valence-corrected chi connectivity index (χ4v) is 2.70. The SMILES string of the molecule is CCCC(C)CC(CNC)Cc1cccc(F)c1. The van der Waals surface area contributed by atoms with E-state index in [0.717, 1.165) is 24.4 Å². The van der Waals surface area contributed by atoms with Gasteiger partial charge >= 0.3 is 0 Å². The smallest absolute Gasteiger partial charge is 0.123 e. The van der Waals surface area contributed by atoms with Crippen molar-refractivity contribution in [2.24, 2.45) is 11.8 Å². The first kappa shape index (κ1) is 15.2. The molecule has 0 saturated heterocycles. The van der Waals surface area contributed by atoms with Gasteiger partial charge in [-0.3, -0.25) is 0 Å². The normalized spacial score (nSPS) is 14.4. The molecule has 1 aromatic carbocycles. The molecule has 0 radical (unpaired) electrons. The second kappa shape index (κ2) is 8.25. The van der Waals surface area contributed by atoms with E-state index in [1.54, 1.807) is 12.1 Å². The highest BCUT2D eigenvalue weighted by Crippen LogP contribution is 2.20. The summed E-state index contributed by atoms with van der Waals surface area (Å²) >= 11 is 0. The van der Waals surface area contributed by atoms with Gasteiger partial charge in [-0.1, -0.05) is 38.8 Å². The van der Waals surface area contributed by atoms with Crippen molar-refractivity contribution >= 4 is 0 Å². The summed E-state index contributed by atoms with van der Waals surface area (Å²) < 4.78 is 13.2. The summed E-state index contributed by atoms with van der Waals surface area (Å²) in [6.07, 6.45) is 4.70. The van der Waals surface area contributed by atoms with Crippen molar-refractivity contribution < 1.29 is 4.39 Å². The lowest BCUT2D eigenvalue weighted by molar-refractivity contribution is 0.360. The average Bonchev–Trinajstić information content (AvgIpc) is 2.29. The molecule has 0 bridgehead atoms. The number of nitrogens with one attached hydrogen (secondary N) is 1. The zero-order chi connectivity index (χ0) is 13.4. The summed E-state index contributed by atoms with van der Waals surface area (Å²) in [5.41, 5.74) is 1.11. The molecule has 0 saturated carbocycles. The zero-order valence-electron chi connectivity index (χ0n) is 11.9. The van der Waals surface area contributed by atoms with E-state index in [9.17, 15) is 4.39 Å². The van der Waals surface area contributed by atoms with Crippen LogP contribution in [-0.4, -0.2) is 13.6 Å². The van der Waals surface area contributed by atoms with Crippen molar-refractivity contribution in [1.82, 2.24) is 5.32 Å². The lowest BCUT2D eigenvalue weighted by atomic mass is 9.88. The van der Waals surface area contributed by atoms with Crippen molar-refractivity contribution in [3.63, 3.8) is 0 Å². The second-order valence-electron chi connectivity index (χ2n) is 5.39. The minimum Gasteiger partial charge on any atom is -0.319 e. The molecule has 18 heavy (non-hydrogen) atoms. The van der Waals surface area contributed by atoms with Gasteiger partial charge in [-0.2, -0.15) is 0 Å². The molecule has 0 amide bonds. The molecular weight excluding hydrogens is 225 g/mol. The van der Waals surface area contributed by atoms with Gasteiger partial charge in [0.2, 0.25) is 0 Å². The van der Waals surface area contributed by atoms with Crippen molar-refractivity contribution in [3.05, 3.63) is 35.6 Å². The highest BCUT2D eigenvalue weighted by Gasteiger charge is 2.13. The molecule has 1 nitrogen and oxygen atoms in total. The molecule has 0 aliphatic carbocycles. The summed E-state index contributed by atoms with van der Waals surface area (Å²) in [7, 11) is 1.99. The Bertz CT molecular complexity index is 338. The van der Waals surface area contributed by atoms with Crippen molar-refractivity contribution in [1.29, 1.82) is 0 Å². The van der Waals surface area contributed by atoms with Crippen molar-refractivity contribution in [2.75, 3.05) is 13.6 Å². The maximum Gasteiger partial charge on any atom is 0.123 e. The van der Waals surface area contributed by atoms with E-state index in [1.165, 1.54) is 25.3 Å². The molecule has 0 aromatic heterocycles. The number of rotatable bonds is 8. The van der Waals surface area contributed by atoms with Crippen LogP contribution in [0.1, 0.15) is 38.7 Å². The Morgan fingerprint density at radius 2 is 2.11 bits per heavy atom. The van der Waals surface area contributed by atoms with Crippen LogP contribution in [0.4, 0.5) is 4.39 Å². The van der Waals surface area contributed by atoms with Gasteiger partial charge < -0.3 is 5.32 Å². The van der Waals surface area contributed by atoms with Gasteiger partial charge in [0.05, 0.1) is 0 Å². The standard InChI is InChI=1S/C16H26FN/c1-4-6-13(2)9-15(12-18-3)10-14-7-5-8-16(17)11-14/h5,7-8,11,13,15,18H,4,6,9-10,12H2,1-3H3. The van der Waals surface area contributed by atoms with Crippen LogP contribution in [0, 0.1) is 17.7 Å². The van der Waals surface area contributed by atoms with Gasteiger partial charge in [0, 0.05) is 0 Å². The fourth-order valence-electron chi connectivity index (χ4n) is 2.70. The Kier molecular flexibility index (Phi) is 6.96. The van der Waals surface area contributed by atoms with Crippen LogP contribution in [0.5, 0.6) is 0 Å². The van der Waals surface area contributed by atoms with Crippen LogP contribution in [0.25, 0.3) is 0 Å². The van der Waals surface area contributed by atoms with E-state index in [-0.39, 0.29) is 5.82 Å². The summed E-state index contributed by atoms with van der Waals surface area (Å²) in [6.45, 7) is 5.55. The van der Waals surface area contributed by atoms with Gasteiger partial charge in [-0.15, -0.1) is 0 Å². The molecular formula is C16H26FN. The van der Waals surface area contributed by atoms with Crippen LogP contribution in [0.2, 0.25) is 0 Å². The molecule has 1 rings (SSSR count). The van der Waals surface area contributed by atoms with E-state index in [0.29, 0.717) is 5.92 Å². The molecule has 102 valence electrons. The molecule has 2 unspecified atom stereocenters. The maximum absolute atomic E-state index is 13.2. The molecule has 0 fully saturated rings. The topological polar surface area (TPSA) is 12.0 Å². The predicted octanol–water partition coefficient (Wildman–Crippen LogP) is 4.03. The summed E-state index contributed by atoms with van der Waals surface area (Å²) in [5, 5.41) is 3.26. The number of hydrogen-bond donors (Lipinski definition) is 1. The van der Waals surface area contributed by atoms with E-state index in [4.69, 9.17) is 0 Å². The largest absolute Gasteiger partial charge is 0.319 e. The van der Waals surface area contributed by atoms with Gasteiger partial charge in [-0.05, 0) is 56.0 Å². The summed E-state index contributed by atoms with van der Waals surface area (Å²) in [4.78, 5) is 0. The third-order valence-electron chi connectivity index (χ3n) is 3.42. The van der Waals surface area contributed by atoms with Crippen molar-refractivity contribution in [3.8, 4) is 0 Å². The van der Waals surface area contributed by atoms with E-state index < -0.39 is 0 Å². The fraction of sp³-hybridized carbons (Fsp3) is 0.625. The molecule has 2 heteroatoms. The van der Waals surface area contributed by atoms with Gasteiger partial charge in [-0.25, -0.2) is 4.39 Å². The Labute approximate surface area is 111 Å². The molecule has 0 aliphatic heterocycles. The van der Waals surface area contributed by atoms with Gasteiger partial charge in [0.15, 0.2) is 0 Å². The molecule has 0 heterocycles. The third kappa shape index (κ3) is 5.63. The first-order valence-corrected chi connectivity index (χ1v) is 7.04. The molecule has 2 atom stereocenters. The molecule has 1 aromatic rings. The summed E-state index contributed by atoms with van der Waals surface area (Å²) in [6, 6.07) is 7.00. The first-order chi connectivity index (χ1) is 8.65. The van der Waals surface area contributed by atoms with Crippen LogP contribution in [0.15, 0.2) is 24.3 Å². The van der Waals surface area contributed by atoms with Crippen LogP contribution in [-0.2, 0) is 6.42 Å². The lowest BCUT2D eigenvalue weighted by Gasteiger charge is -2.20. The maximum atomic E-state index is 13.2. The molecule has 1 N–H and O–H groups in total. The quantitative estimate of drug-likeness (QED) is 0.735. The van der Waals surface area contributed by atoms with E-state index >= 15 is 0 Å². The Hall–Kier alpha value is -0.890. The first-order valence-electron chi connectivity index (χ1n) is 7.04. The molecule has 0 aliphatic rings. The van der Waals surface area contributed by atoms with Crippen molar-refractivity contribution in [2.45, 2.75) is 39.5 Å². The highest BCUT2D eigenvalue weighted by atomic mass is 19.1. The second-order valence-corrected chi connectivity index (χ2v) is 5.39. The van der Waals surface area contributed by atoms with E-state index in [1.807, 2.05) is 13.1 Å². The zero-order valence-corrected chi connectivity index (χ0v) is 11.9. The predicted molar refractivity (Wildman–Crippen MR) is 76.2 cm³/mol. The monoisotopic (exact) mass is 251 g/mol.